The van der Waals surface area contributed by atoms with Gasteiger partial charge in [0.05, 0.1) is 18.2 Å². The number of nitrogens with zero attached hydrogens (tertiary/aromatic N) is 1. The van der Waals surface area contributed by atoms with E-state index in [1.165, 1.54) is 26.0 Å². The van der Waals surface area contributed by atoms with Gasteiger partial charge < -0.3 is 69.5 Å². The number of esters is 2. The molecule has 0 bridgehead atoms. The lowest BCUT2D eigenvalue weighted by Crippen LogP contribution is -2.64. The quantitative estimate of drug-likeness (QED) is 0.151. The molecule has 3 aliphatic rings. The lowest BCUT2D eigenvalue weighted by molar-refractivity contribution is -0.355. The average molecular weight is 846 g/mol. The third-order valence-electron chi connectivity index (χ3n) is 10.9. The number of rotatable bonds is 11. The predicted molar refractivity (Wildman–Crippen MR) is 211 cm³/mol. The number of aliphatic hydroxyl groups excluding tert-OH is 5. The van der Waals surface area contributed by atoms with E-state index in [4.69, 9.17) is 28.4 Å². The first-order valence-electron chi connectivity index (χ1n) is 20.5. The zero-order valence-electron chi connectivity index (χ0n) is 34.3. The molecule has 0 spiro atoms. The molecule has 18 nitrogen and oxygen atoms in total. The van der Waals surface area contributed by atoms with Crippen LogP contribution in [0.4, 0.5) is 0 Å². The highest BCUT2D eigenvalue weighted by atomic mass is 16.8. The summed E-state index contributed by atoms with van der Waals surface area (Å²) in [5, 5.41) is 60.3. The first-order valence-corrected chi connectivity index (χ1v) is 20.5. The maximum Gasteiger partial charge on any atom is 0.338 e. The average Bonchev–Trinajstić information content (AvgIpc) is 3.25. The molecule has 0 radical (unpaired) electrons. The Kier molecular flexibility index (Phi) is 17.2. The van der Waals surface area contributed by atoms with Crippen molar-refractivity contribution in [1.82, 2.24) is 15.5 Å². The van der Waals surface area contributed by atoms with E-state index in [-0.39, 0.29) is 42.0 Å². The first kappa shape index (κ1) is 46.8. The molecule has 2 amide bonds. The van der Waals surface area contributed by atoms with Crippen LogP contribution in [0.25, 0.3) is 0 Å². The van der Waals surface area contributed by atoms with Crippen molar-refractivity contribution in [1.29, 1.82) is 0 Å². The fourth-order valence-electron chi connectivity index (χ4n) is 7.22. The molecule has 0 unspecified atom stereocenters. The van der Waals surface area contributed by atoms with Crippen molar-refractivity contribution in [2.24, 2.45) is 5.92 Å². The molecular formula is C42H59N3O15. The van der Waals surface area contributed by atoms with Crippen molar-refractivity contribution in [2.75, 3.05) is 32.8 Å². The molecule has 2 aromatic carbocycles. The van der Waals surface area contributed by atoms with Gasteiger partial charge in [-0.2, -0.15) is 0 Å². The molecule has 3 heterocycles. The van der Waals surface area contributed by atoms with Crippen molar-refractivity contribution in [3.8, 4) is 5.75 Å². The van der Waals surface area contributed by atoms with Crippen LogP contribution in [0.2, 0.25) is 0 Å². The van der Waals surface area contributed by atoms with Gasteiger partial charge in [-0.15, -0.1) is 0 Å². The number of nitrogens with one attached hydrogen (secondary N) is 2. The minimum absolute atomic E-state index is 0.0353. The molecule has 7 N–H and O–H groups in total. The van der Waals surface area contributed by atoms with Gasteiger partial charge >= 0.3 is 11.9 Å². The number of carbonyl (C=O) groups is 4. The van der Waals surface area contributed by atoms with Crippen LogP contribution in [-0.2, 0) is 38.1 Å². The van der Waals surface area contributed by atoms with Crippen LogP contribution in [0, 0.1) is 5.92 Å². The Balaban J connectivity index is 1.27. The molecule has 3 aliphatic heterocycles. The van der Waals surface area contributed by atoms with E-state index in [0.29, 0.717) is 38.9 Å². The van der Waals surface area contributed by atoms with Crippen molar-refractivity contribution in [3.63, 3.8) is 0 Å². The summed E-state index contributed by atoms with van der Waals surface area (Å²) in [6.45, 7) is 7.45. The van der Waals surface area contributed by atoms with E-state index in [2.05, 4.69) is 10.6 Å². The minimum Gasteiger partial charge on any atom is -0.462 e. The molecule has 332 valence electrons. The van der Waals surface area contributed by atoms with Crippen LogP contribution in [-0.4, -0.2) is 154 Å². The number of carbonyl (C=O) groups excluding carboxylic acids is 4. The smallest absolute Gasteiger partial charge is 0.338 e. The summed E-state index contributed by atoms with van der Waals surface area (Å²) in [7, 11) is 0. The monoisotopic (exact) mass is 845 g/mol. The van der Waals surface area contributed by atoms with E-state index < -0.39 is 92.1 Å². The molecule has 5 rings (SSSR count). The Bertz CT molecular complexity index is 1700. The standard InChI is InChI=1S/C42H59N3O15/c1-5-23(2)39(53)45-19-9-17-44-32(47)20-30(43-18-16-29(21-45)57-25(4)46)26-12-14-28(15-13-26)58-42-38(36(51)33(48)24(3)56-42)60-41-37(52)35(50)34(49)31(59-41)22-55-40(54)27-10-7-6-8-11-27/h6-8,10-15,23-24,29-31,33-38,41-43,48-52H,5,9,16-22H2,1-4H3,(H,44,47)/t23-,24-,29+,30-,31+,33-,34+,35-,36+,37+,38+,41-,42-/m0/s1. The van der Waals surface area contributed by atoms with Gasteiger partial charge in [0.25, 0.3) is 0 Å². The number of hydrogen-bond donors (Lipinski definition) is 7. The van der Waals surface area contributed by atoms with E-state index >= 15 is 0 Å². The first-order chi connectivity index (χ1) is 28.7. The number of amides is 2. The Morgan fingerprint density at radius 1 is 0.900 bits per heavy atom. The predicted octanol–water partition coefficient (Wildman–Crippen LogP) is 0.319. The third-order valence-corrected chi connectivity index (χ3v) is 10.9. The molecule has 0 saturated carbocycles. The van der Waals surface area contributed by atoms with Crippen LogP contribution in [0.15, 0.2) is 54.6 Å². The van der Waals surface area contributed by atoms with E-state index in [9.17, 15) is 44.7 Å². The zero-order chi connectivity index (χ0) is 43.5. The second kappa shape index (κ2) is 22.0. The highest BCUT2D eigenvalue weighted by molar-refractivity contribution is 5.89. The Labute approximate surface area is 349 Å². The molecule has 13 atom stereocenters. The van der Waals surface area contributed by atoms with Crippen LogP contribution in [0.3, 0.4) is 0 Å². The lowest BCUT2D eigenvalue weighted by Gasteiger charge is -2.45. The minimum atomic E-state index is -1.83. The fourth-order valence-corrected chi connectivity index (χ4v) is 7.22. The number of hydrogen-bond acceptors (Lipinski definition) is 16. The van der Waals surface area contributed by atoms with E-state index in [1.807, 2.05) is 13.8 Å². The summed E-state index contributed by atoms with van der Waals surface area (Å²) in [6.07, 6.45) is -14.2. The number of ether oxygens (including phenoxy) is 6. The van der Waals surface area contributed by atoms with Crippen LogP contribution >= 0.6 is 0 Å². The summed E-state index contributed by atoms with van der Waals surface area (Å²) < 4.78 is 34.6. The second-order valence-electron chi connectivity index (χ2n) is 15.5. The van der Waals surface area contributed by atoms with Crippen LogP contribution < -0.4 is 15.4 Å². The van der Waals surface area contributed by atoms with Gasteiger partial charge in [0.15, 0.2) is 12.4 Å². The second-order valence-corrected chi connectivity index (χ2v) is 15.5. The summed E-state index contributed by atoms with van der Waals surface area (Å²) >= 11 is 0. The Morgan fingerprint density at radius 3 is 2.30 bits per heavy atom. The number of aliphatic hydroxyl groups is 5. The van der Waals surface area contributed by atoms with Crippen molar-refractivity contribution in [3.05, 3.63) is 65.7 Å². The molecule has 60 heavy (non-hydrogen) atoms. The largest absolute Gasteiger partial charge is 0.462 e. The summed E-state index contributed by atoms with van der Waals surface area (Å²) in [4.78, 5) is 52.5. The maximum absolute atomic E-state index is 13.2. The van der Waals surface area contributed by atoms with Crippen LogP contribution in [0.1, 0.15) is 75.3 Å². The topological polar surface area (TPSA) is 252 Å². The van der Waals surface area contributed by atoms with Gasteiger partial charge in [0, 0.05) is 38.4 Å². The Hall–Kier alpha value is -4.24. The van der Waals surface area contributed by atoms with E-state index in [0.717, 1.165) is 5.56 Å². The molecular weight excluding hydrogens is 786 g/mol. The summed E-state index contributed by atoms with van der Waals surface area (Å²) in [5.41, 5.74) is 0.961. The van der Waals surface area contributed by atoms with Gasteiger partial charge in [-0.05, 0) is 62.6 Å². The molecule has 3 saturated heterocycles. The van der Waals surface area contributed by atoms with Crippen LogP contribution in [0.5, 0.6) is 5.75 Å². The normalized spacial score (nSPS) is 32.5. The summed E-state index contributed by atoms with van der Waals surface area (Å²) in [5.74, 6) is -1.37. The maximum atomic E-state index is 13.2. The highest BCUT2D eigenvalue weighted by Gasteiger charge is 2.51. The van der Waals surface area contributed by atoms with Gasteiger partial charge in [-0.3, -0.25) is 14.4 Å². The van der Waals surface area contributed by atoms with Crippen molar-refractivity contribution < 1.29 is 73.1 Å². The van der Waals surface area contributed by atoms with Gasteiger partial charge in [-0.25, -0.2) is 4.79 Å². The van der Waals surface area contributed by atoms with E-state index in [1.54, 1.807) is 47.4 Å². The lowest BCUT2D eigenvalue weighted by atomic mass is 9.97. The molecule has 0 aliphatic carbocycles. The van der Waals surface area contributed by atoms with Gasteiger partial charge in [0.2, 0.25) is 18.1 Å². The zero-order valence-corrected chi connectivity index (χ0v) is 34.3. The third kappa shape index (κ3) is 12.4. The molecule has 18 heteroatoms. The fraction of sp³-hybridized carbons (Fsp3) is 0.619. The molecule has 3 fully saturated rings. The molecule has 0 aromatic heterocycles. The highest BCUT2D eigenvalue weighted by Crippen LogP contribution is 2.31. The Morgan fingerprint density at radius 2 is 1.62 bits per heavy atom. The van der Waals surface area contributed by atoms with Gasteiger partial charge in [0.1, 0.15) is 55.1 Å². The SMILES string of the molecule is CC[C@H](C)C(=O)N1CCCNC(=O)C[C@@H](c2ccc(O[C@@H]3O[C@@H](C)[C@H](O)[C@@H](O)[C@H]3O[C@@H]3O[C@H](COC(=O)c4ccccc4)[C@@H](O)[C@H](O)[C@H]3O)cc2)NCC[C@@H](OC(C)=O)C1. The number of benzene rings is 2. The molecule has 2 aromatic rings. The summed E-state index contributed by atoms with van der Waals surface area (Å²) in [6, 6.07) is 14.3. The van der Waals surface area contributed by atoms with Crippen molar-refractivity contribution in [2.45, 2.75) is 127 Å². The van der Waals surface area contributed by atoms with Gasteiger partial charge in [-0.1, -0.05) is 44.2 Å². The van der Waals surface area contributed by atoms with Crippen molar-refractivity contribution >= 4 is 23.8 Å².